The van der Waals surface area contributed by atoms with Crippen LogP contribution in [-0.2, 0) is 4.74 Å². The Bertz CT molecular complexity index is 536. The van der Waals surface area contributed by atoms with Crippen molar-refractivity contribution in [2.24, 2.45) is 5.73 Å². The molecule has 0 aliphatic heterocycles. The molecule has 1 atom stereocenters. The molecule has 1 aromatic heterocycles. The first kappa shape index (κ1) is 13.7. The van der Waals surface area contributed by atoms with Crippen molar-refractivity contribution in [1.82, 2.24) is 9.97 Å². The zero-order chi connectivity index (χ0) is 13.8. The van der Waals surface area contributed by atoms with E-state index in [4.69, 9.17) is 10.5 Å². The lowest BCUT2D eigenvalue weighted by Gasteiger charge is -2.06. The number of methoxy groups -OCH3 is 1. The van der Waals surface area contributed by atoms with Crippen LogP contribution in [0.25, 0.3) is 11.3 Å². The summed E-state index contributed by atoms with van der Waals surface area (Å²) in [5.74, 6) is 0.475. The summed E-state index contributed by atoms with van der Waals surface area (Å²) >= 11 is 0. The fraction of sp³-hybridized carbons (Fsp3) is 0.357. The summed E-state index contributed by atoms with van der Waals surface area (Å²) in [4.78, 5) is 7.68. The molecule has 2 aromatic rings. The van der Waals surface area contributed by atoms with Gasteiger partial charge in [-0.25, -0.2) is 9.37 Å². The number of imidazole rings is 1. The Morgan fingerprint density at radius 1 is 1.37 bits per heavy atom. The third kappa shape index (κ3) is 3.19. The molecule has 0 fully saturated rings. The zero-order valence-corrected chi connectivity index (χ0v) is 11.1. The lowest BCUT2D eigenvalue weighted by molar-refractivity contribution is 0.187. The molecule has 0 amide bonds. The third-order valence-corrected chi connectivity index (χ3v) is 3.00. The minimum atomic E-state index is -0.256. The van der Waals surface area contributed by atoms with Gasteiger partial charge in [-0.1, -0.05) is 0 Å². The lowest BCUT2D eigenvalue weighted by Crippen LogP contribution is -2.14. The number of nitrogens with zero attached hydrogens (tertiary/aromatic N) is 1. The van der Waals surface area contributed by atoms with Gasteiger partial charge in [0, 0.05) is 25.0 Å². The van der Waals surface area contributed by atoms with Crippen LogP contribution in [0.2, 0.25) is 0 Å². The van der Waals surface area contributed by atoms with Crippen LogP contribution in [0.15, 0.2) is 24.3 Å². The average Bonchev–Trinajstić information content (AvgIpc) is 2.79. The molecule has 5 heteroatoms. The molecule has 3 N–H and O–H groups in total. The molecular weight excluding hydrogens is 245 g/mol. The predicted molar refractivity (Wildman–Crippen MR) is 72.1 cm³/mol. The van der Waals surface area contributed by atoms with Crippen molar-refractivity contribution in [2.45, 2.75) is 19.4 Å². The largest absolute Gasteiger partial charge is 0.385 e. The van der Waals surface area contributed by atoms with E-state index in [1.165, 1.54) is 12.1 Å². The Balaban J connectivity index is 2.23. The highest BCUT2D eigenvalue weighted by molar-refractivity contribution is 5.61. The lowest BCUT2D eigenvalue weighted by atomic mass is 10.1. The van der Waals surface area contributed by atoms with Crippen LogP contribution >= 0.6 is 0 Å². The number of nitrogens with one attached hydrogen (secondary N) is 1. The topological polar surface area (TPSA) is 63.9 Å². The van der Waals surface area contributed by atoms with E-state index < -0.39 is 0 Å². The summed E-state index contributed by atoms with van der Waals surface area (Å²) in [6.45, 7) is 2.52. The average molecular weight is 263 g/mol. The number of benzene rings is 1. The van der Waals surface area contributed by atoms with Crippen molar-refractivity contribution in [3.8, 4) is 11.3 Å². The molecular formula is C14H18FN3O. The Morgan fingerprint density at radius 3 is 2.68 bits per heavy atom. The highest BCUT2D eigenvalue weighted by Gasteiger charge is 2.14. The molecule has 0 bridgehead atoms. The number of H-pyrrole nitrogens is 1. The summed E-state index contributed by atoms with van der Waals surface area (Å²) in [6, 6.07) is 6.08. The highest BCUT2D eigenvalue weighted by atomic mass is 19.1. The Hall–Kier alpha value is -1.72. The van der Waals surface area contributed by atoms with Crippen LogP contribution in [0.3, 0.4) is 0 Å². The van der Waals surface area contributed by atoms with E-state index in [1.54, 1.807) is 19.2 Å². The maximum atomic E-state index is 12.9. The summed E-state index contributed by atoms with van der Waals surface area (Å²) < 4.78 is 17.9. The number of aromatic nitrogens is 2. The zero-order valence-electron chi connectivity index (χ0n) is 11.1. The van der Waals surface area contributed by atoms with Gasteiger partial charge < -0.3 is 15.5 Å². The van der Waals surface area contributed by atoms with Crippen LogP contribution < -0.4 is 5.73 Å². The maximum Gasteiger partial charge on any atom is 0.124 e. The number of halogens is 1. The molecule has 1 unspecified atom stereocenters. The second kappa shape index (κ2) is 5.95. The van der Waals surface area contributed by atoms with Gasteiger partial charge in [-0.3, -0.25) is 0 Å². The van der Waals surface area contributed by atoms with Gasteiger partial charge in [0.05, 0.1) is 11.7 Å². The number of rotatable bonds is 5. The van der Waals surface area contributed by atoms with Crippen LogP contribution in [0.4, 0.5) is 4.39 Å². The second-order valence-corrected chi connectivity index (χ2v) is 4.49. The number of ether oxygens (including phenoxy) is 1. The predicted octanol–water partition coefficient (Wildman–Crippen LogP) is 2.56. The molecule has 0 saturated carbocycles. The third-order valence-electron chi connectivity index (χ3n) is 3.00. The normalized spacial score (nSPS) is 12.6. The first-order valence-electron chi connectivity index (χ1n) is 6.18. The molecule has 0 radical (unpaired) electrons. The summed E-state index contributed by atoms with van der Waals surface area (Å²) in [5, 5.41) is 0. The summed E-state index contributed by atoms with van der Waals surface area (Å²) in [7, 11) is 1.64. The van der Waals surface area contributed by atoms with Gasteiger partial charge in [-0.15, -0.1) is 0 Å². The van der Waals surface area contributed by atoms with Crippen LogP contribution in [0.5, 0.6) is 0 Å². The van der Waals surface area contributed by atoms with Gasteiger partial charge >= 0.3 is 0 Å². The number of hydrogen-bond donors (Lipinski definition) is 2. The summed E-state index contributed by atoms with van der Waals surface area (Å²) in [5.41, 5.74) is 8.64. The standard InChI is InChI=1S/C14H18FN3O/c1-9-13(10-3-5-11(15)6-4-10)18-14(17-9)12(16)7-8-19-2/h3-6,12H,7-8,16H2,1-2H3,(H,17,18). The minimum Gasteiger partial charge on any atom is -0.385 e. The van der Waals surface area contributed by atoms with Gasteiger partial charge in [0.2, 0.25) is 0 Å². The molecule has 4 nitrogen and oxygen atoms in total. The molecule has 1 aromatic carbocycles. The van der Waals surface area contributed by atoms with E-state index in [9.17, 15) is 4.39 Å². The molecule has 102 valence electrons. The molecule has 1 heterocycles. The minimum absolute atomic E-state index is 0.187. The molecule has 0 saturated heterocycles. The molecule has 0 aliphatic rings. The van der Waals surface area contributed by atoms with Crippen LogP contribution in [0.1, 0.15) is 24.0 Å². The van der Waals surface area contributed by atoms with E-state index in [1.807, 2.05) is 6.92 Å². The van der Waals surface area contributed by atoms with E-state index in [-0.39, 0.29) is 11.9 Å². The Labute approximate surface area is 111 Å². The van der Waals surface area contributed by atoms with E-state index >= 15 is 0 Å². The van der Waals surface area contributed by atoms with E-state index in [0.29, 0.717) is 13.0 Å². The van der Waals surface area contributed by atoms with Gasteiger partial charge in [0.1, 0.15) is 11.6 Å². The first-order valence-corrected chi connectivity index (χ1v) is 6.18. The SMILES string of the molecule is COCCC(N)c1nc(-c2ccc(F)cc2)c(C)[nH]1. The fourth-order valence-corrected chi connectivity index (χ4v) is 1.93. The quantitative estimate of drug-likeness (QED) is 0.871. The van der Waals surface area contributed by atoms with Crippen molar-refractivity contribution in [3.05, 3.63) is 41.6 Å². The van der Waals surface area contributed by atoms with Gasteiger partial charge in [0.25, 0.3) is 0 Å². The van der Waals surface area contributed by atoms with Crippen molar-refractivity contribution in [3.63, 3.8) is 0 Å². The van der Waals surface area contributed by atoms with Crippen molar-refractivity contribution in [1.29, 1.82) is 0 Å². The number of hydrogen-bond acceptors (Lipinski definition) is 3. The molecule has 2 rings (SSSR count). The highest BCUT2D eigenvalue weighted by Crippen LogP contribution is 2.23. The second-order valence-electron chi connectivity index (χ2n) is 4.49. The summed E-state index contributed by atoms with van der Waals surface area (Å²) in [6.07, 6.45) is 0.701. The van der Waals surface area contributed by atoms with Crippen LogP contribution in [0, 0.1) is 12.7 Å². The fourth-order valence-electron chi connectivity index (χ4n) is 1.93. The van der Waals surface area contributed by atoms with Crippen molar-refractivity contribution < 1.29 is 9.13 Å². The van der Waals surface area contributed by atoms with Gasteiger partial charge in [-0.2, -0.15) is 0 Å². The Kier molecular flexibility index (Phi) is 4.29. The smallest absolute Gasteiger partial charge is 0.124 e. The van der Waals surface area contributed by atoms with Crippen molar-refractivity contribution >= 4 is 0 Å². The van der Waals surface area contributed by atoms with Crippen molar-refractivity contribution in [2.75, 3.05) is 13.7 Å². The number of aryl methyl sites for hydroxylation is 1. The van der Waals surface area contributed by atoms with Gasteiger partial charge in [0.15, 0.2) is 0 Å². The van der Waals surface area contributed by atoms with Crippen LogP contribution in [-0.4, -0.2) is 23.7 Å². The first-order chi connectivity index (χ1) is 9.11. The molecule has 0 aliphatic carbocycles. The van der Waals surface area contributed by atoms with Gasteiger partial charge in [-0.05, 0) is 37.6 Å². The number of nitrogens with two attached hydrogens (primary N) is 1. The van der Waals surface area contributed by atoms with E-state index in [0.717, 1.165) is 22.8 Å². The Morgan fingerprint density at radius 2 is 2.05 bits per heavy atom. The maximum absolute atomic E-state index is 12.9. The molecule has 0 spiro atoms. The van der Waals surface area contributed by atoms with E-state index in [2.05, 4.69) is 9.97 Å². The molecule has 19 heavy (non-hydrogen) atoms. The monoisotopic (exact) mass is 263 g/mol. The number of aromatic amines is 1.